The molecule has 2 nitrogen and oxygen atoms in total. The fourth-order valence-corrected chi connectivity index (χ4v) is 2.79. The van der Waals surface area contributed by atoms with Crippen molar-refractivity contribution in [2.75, 3.05) is 19.8 Å². The molecular weight excluding hydrogens is 320 g/mol. The minimum atomic E-state index is 0.306. The lowest BCUT2D eigenvalue weighted by Crippen LogP contribution is -2.10. The van der Waals surface area contributed by atoms with E-state index in [0.717, 1.165) is 31.8 Å². The predicted octanol–water partition coefficient (Wildman–Crippen LogP) is 6.38. The molecule has 146 valence electrons. The molecule has 0 saturated heterocycles. The third-order valence-electron chi connectivity index (χ3n) is 4.28. The highest BCUT2D eigenvalue weighted by molar-refractivity contribution is 5.33. The van der Waals surface area contributed by atoms with Gasteiger partial charge in [-0.3, -0.25) is 0 Å². The van der Waals surface area contributed by atoms with Crippen LogP contribution in [0.3, 0.4) is 0 Å². The third-order valence-corrected chi connectivity index (χ3v) is 4.28. The number of benzene rings is 1. The minimum absolute atomic E-state index is 0.306. The summed E-state index contributed by atoms with van der Waals surface area (Å²) in [4.78, 5) is 0. The molecule has 0 fully saturated rings. The second-order valence-electron chi connectivity index (χ2n) is 7.13. The Kier molecular flexibility index (Phi) is 15.0. The van der Waals surface area contributed by atoms with Crippen LogP contribution in [0, 0.1) is 11.8 Å². The molecule has 1 aromatic rings. The Morgan fingerprint density at radius 1 is 0.731 bits per heavy atom. The zero-order valence-electron chi connectivity index (χ0n) is 17.0. The summed E-state index contributed by atoms with van der Waals surface area (Å²) in [5.41, 5.74) is 1.13. The lowest BCUT2D eigenvalue weighted by molar-refractivity contribution is 0.0186. The number of unbranched alkanes of at least 4 members (excludes halogenated alkanes) is 9. The average molecular weight is 359 g/mol. The maximum Gasteiger partial charge on any atom is 0.0703 e. The van der Waals surface area contributed by atoms with Crippen LogP contribution in [-0.2, 0) is 9.47 Å². The summed E-state index contributed by atoms with van der Waals surface area (Å²) in [5.74, 6) is 6.51. The SMILES string of the molecule is CC(C)OCCOCCCCCCCCCCCC#Cc1ccccc1. The molecule has 0 spiro atoms. The molecule has 0 saturated carbocycles. The van der Waals surface area contributed by atoms with Crippen molar-refractivity contribution in [1.29, 1.82) is 0 Å². The van der Waals surface area contributed by atoms with Gasteiger partial charge in [0.2, 0.25) is 0 Å². The molecule has 1 rings (SSSR count). The van der Waals surface area contributed by atoms with E-state index in [9.17, 15) is 0 Å². The maximum atomic E-state index is 5.57. The molecule has 0 N–H and O–H groups in total. The smallest absolute Gasteiger partial charge is 0.0703 e. The quantitative estimate of drug-likeness (QED) is 0.267. The van der Waals surface area contributed by atoms with Gasteiger partial charge in [0.25, 0.3) is 0 Å². The van der Waals surface area contributed by atoms with Gasteiger partial charge in [-0.1, -0.05) is 75.0 Å². The molecule has 1 aromatic carbocycles. The van der Waals surface area contributed by atoms with E-state index < -0.39 is 0 Å². The first-order valence-electron chi connectivity index (χ1n) is 10.5. The second-order valence-corrected chi connectivity index (χ2v) is 7.13. The van der Waals surface area contributed by atoms with Crippen LogP contribution in [0.5, 0.6) is 0 Å². The Bertz CT molecular complexity index is 470. The number of rotatable bonds is 15. The first-order chi connectivity index (χ1) is 12.8. The van der Waals surface area contributed by atoms with Crippen LogP contribution in [0.2, 0.25) is 0 Å². The summed E-state index contributed by atoms with van der Waals surface area (Å²) in [6.45, 7) is 6.44. The highest BCUT2D eigenvalue weighted by Crippen LogP contribution is 2.10. The van der Waals surface area contributed by atoms with Crippen molar-refractivity contribution in [3.8, 4) is 11.8 Å². The zero-order valence-corrected chi connectivity index (χ0v) is 17.0. The molecule has 0 radical (unpaired) electrons. The van der Waals surface area contributed by atoms with Crippen LogP contribution < -0.4 is 0 Å². The number of hydrogen-bond donors (Lipinski definition) is 0. The minimum Gasteiger partial charge on any atom is -0.379 e. The molecule has 0 aromatic heterocycles. The largest absolute Gasteiger partial charge is 0.379 e. The van der Waals surface area contributed by atoms with Gasteiger partial charge in [-0.15, -0.1) is 0 Å². The fourth-order valence-electron chi connectivity index (χ4n) is 2.79. The summed E-state index contributed by atoms with van der Waals surface area (Å²) in [5, 5.41) is 0. The Labute approximate surface area is 161 Å². The second kappa shape index (κ2) is 17.1. The number of hydrogen-bond acceptors (Lipinski definition) is 2. The lowest BCUT2D eigenvalue weighted by atomic mass is 10.1. The van der Waals surface area contributed by atoms with Crippen molar-refractivity contribution in [1.82, 2.24) is 0 Å². The molecule has 2 heteroatoms. The third kappa shape index (κ3) is 15.0. The van der Waals surface area contributed by atoms with Crippen LogP contribution in [-0.4, -0.2) is 25.9 Å². The summed E-state index contributed by atoms with van der Waals surface area (Å²) in [7, 11) is 0. The molecule has 0 aliphatic carbocycles. The van der Waals surface area contributed by atoms with Gasteiger partial charge < -0.3 is 9.47 Å². The van der Waals surface area contributed by atoms with Crippen molar-refractivity contribution in [3.05, 3.63) is 35.9 Å². The molecule has 0 aliphatic heterocycles. The van der Waals surface area contributed by atoms with Gasteiger partial charge in [0, 0.05) is 18.6 Å². The van der Waals surface area contributed by atoms with Crippen LogP contribution in [0.25, 0.3) is 0 Å². The normalized spacial score (nSPS) is 10.7. The summed E-state index contributed by atoms with van der Waals surface area (Å²) in [6.07, 6.45) is 13.2. The maximum absolute atomic E-state index is 5.57. The van der Waals surface area contributed by atoms with Crippen LogP contribution in [0.4, 0.5) is 0 Å². The van der Waals surface area contributed by atoms with Gasteiger partial charge >= 0.3 is 0 Å². The zero-order chi connectivity index (χ0) is 18.7. The Morgan fingerprint density at radius 2 is 1.35 bits per heavy atom. The highest BCUT2D eigenvalue weighted by atomic mass is 16.5. The molecule has 0 amide bonds. The predicted molar refractivity (Wildman–Crippen MR) is 111 cm³/mol. The van der Waals surface area contributed by atoms with E-state index in [1.165, 1.54) is 57.8 Å². The van der Waals surface area contributed by atoms with Gasteiger partial charge in [-0.2, -0.15) is 0 Å². The van der Waals surface area contributed by atoms with E-state index in [-0.39, 0.29) is 0 Å². The van der Waals surface area contributed by atoms with Crippen molar-refractivity contribution >= 4 is 0 Å². The lowest BCUT2D eigenvalue weighted by Gasteiger charge is -2.08. The Balaban J connectivity index is 1.75. The number of ether oxygens (including phenoxy) is 2. The van der Waals surface area contributed by atoms with Crippen molar-refractivity contribution in [2.45, 2.75) is 84.2 Å². The summed E-state index contributed by atoms with van der Waals surface area (Å²) in [6, 6.07) is 10.3. The average Bonchev–Trinajstić information content (AvgIpc) is 2.65. The summed E-state index contributed by atoms with van der Waals surface area (Å²) < 4.78 is 11.0. The molecule has 0 unspecified atom stereocenters. The van der Waals surface area contributed by atoms with E-state index >= 15 is 0 Å². The monoisotopic (exact) mass is 358 g/mol. The molecule has 0 bridgehead atoms. The molecular formula is C24H38O2. The van der Waals surface area contributed by atoms with Crippen LogP contribution in [0.1, 0.15) is 83.6 Å². The molecule has 26 heavy (non-hydrogen) atoms. The topological polar surface area (TPSA) is 18.5 Å². The van der Waals surface area contributed by atoms with Crippen molar-refractivity contribution in [3.63, 3.8) is 0 Å². The van der Waals surface area contributed by atoms with Crippen molar-refractivity contribution in [2.24, 2.45) is 0 Å². The van der Waals surface area contributed by atoms with Gasteiger partial charge in [-0.25, -0.2) is 0 Å². The van der Waals surface area contributed by atoms with E-state index in [2.05, 4.69) is 37.8 Å². The van der Waals surface area contributed by atoms with Gasteiger partial charge in [0.15, 0.2) is 0 Å². The van der Waals surface area contributed by atoms with Crippen LogP contribution >= 0.6 is 0 Å². The molecule has 0 atom stereocenters. The molecule has 0 heterocycles. The van der Waals surface area contributed by atoms with E-state index in [4.69, 9.17) is 9.47 Å². The van der Waals surface area contributed by atoms with Gasteiger partial charge in [0.05, 0.1) is 19.3 Å². The van der Waals surface area contributed by atoms with Gasteiger partial charge in [-0.05, 0) is 38.8 Å². The first kappa shape index (κ1) is 22.7. The van der Waals surface area contributed by atoms with Crippen molar-refractivity contribution < 1.29 is 9.47 Å². The van der Waals surface area contributed by atoms with Crippen LogP contribution in [0.15, 0.2) is 30.3 Å². The van der Waals surface area contributed by atoms with Gasteiger partial charge in [0.1, 0.15) is 0 Å². The Morgan fingerprint density at radius 3 is 2.00 bits per heavy atom. The van der Waals surface area contributed by atoms with E-state index in [0.29, 0.717) is 6.10 Å². The first-order valence-corrected chi connectivity index (χ1v) is 10.5. The molecule has 0 aliphatic rings. The fraction of sp³-hybridized carbons (Fsp3) is 0.667. The highest BCUT2D eigenvalue weighted by Gasteiger charge is 1.95. The Hall–Kier alpha value is -1.30. The summed E-state index contributed by atoms with van der Waals surface area (Å²) >= 11 is 0. The standard InChI is InChI=1S/C24H38O2/c1-23(2)26-22-21-25-20-16-11-9-7-5-3-4-6-8-10-13-17-24-18-14-12-15-19-24/h12,14-15,18-19,23H,3-11,16,20-22H2,1-2H3. The van der Waals surface area contributed by atoms with E-state index in [1.807, 2.05) is 18.2 Å². The van der Waals surface area contributed by atoms with E-state index in [1.54, 1.807) is 0 Å².